The normalized spacial score (nSPS) is 14.3. The molecule has 2 aromatic carbocycles. The third-order valence-electron chi connectivity index (χ3n) is 4.47. The number of nitrogens with one attached hydrogen (secondary N) is 1. The highest BCUT2D eigenvalue weighted by atomic mass is 35.5. The molecular formula is C21H20Cl2N2O2. The maximum atomic E-state index is 12.8. The monoisotopic (exact) mass is 402 g/mol. The van der Waals surface area contributed by atoms with E-state index in [0.29, 0.717) is 16.4 Å². The number of unbranched alkanes of at least 4 members (excludes halogenated alkanes) is 1. The van der Waals surface area contributed by atoms with Gasteiger partial charge in [0.2, 0.25) is 0 Å². The lowest BCUT2D eigenvalue weighted by molar-refractivity contribution is -0.120. The van der Waals surface area contributed by atoms with E-state index >= 15 is 0 Å². The molecule has 0 spiro atoms. The van der Waals surface area contributed by atoms with Crippen molar-refractivity contribution < 1.29 is 9.59 Å². The summed E-state index contributed by atoms with van der Waals surface area (Å²) in [6, 6.07) is 12.8. The highest BCUT2D eigenvalue weighted by Gasteiger charge is 2.39. The first-order valence-electron chi connectivity index (χ1n) is 8.83. The Morgan fingerprint density at radius 1 is 1.00 bits per heavy atom. The van der Waals surface area contributed by atoms with Crippen molar-refractivity contribution in [2.75, 3.05) is 10.2 Å². The van der Waals surface area contributed by atoms with Gasteiger partial charge in [-0.2, -0.15) is 0 Å². The summed E-state index contributed by atoms with van der Waals surface area (Å²) < 4.78 is 0. The van der Waals surface area contributed by atoms with Crippen LogP contribution in [0.3, 0.4) is 0 Å². The van der Waals surface area contributed by atoms with Crippen molar-refractivity contribution in [2.45, 2.75) is 33.1 Å². The number of hydrogen-bond acceptors (Lipinski definition) is 3. The van der Waals surface area contributed by atoms with E-state index in [9.17, 15) is 9.59 Å². The molecular weight excluding hydrogens is 383 g/mol. The molecule has 1 N–H and O–H groups in total. The molecule has 0 radical (unpaired) electrons. The van der Waals surface area contributed by atoms with E-state index < -0.39 is 11.8 Å². The molecule has 0 aliphatic carbocycles. The van der Waals surface area contributed by atoms with Crippen molar-refractivity contribution in [2.24, 2.45) is 0 Å². The first-order valence-corrected chi connectivity index (χ1v) is 9.58. The highest BCUT2D eigenvalue weighted by Crippen LogP contribution is 2.33. The lowest BCUT2D eigenvalue weighted by atomic mass is 10.1. The largest absolute Gasteiger partial charge is 0.350 e. The first-order chi connectivity index (χ1) is 12.9. The molecule has 0 aromatic heterocycles. The average Bonchev–Trinajstić information content (AvgIpc) is 2.85. The van der Waals surface area contributed by atoms with Crippen LogP contribution in [0.5, 0.6) is 0 Å². The summed E-state index contributed by atoms with van der Waals surface area (Å²) in [5, 5.41) is 3.41. The number of hydrogen-bond donors (Lipinski definition) is 1. The van der Waals surface area contributed by atoms with E-state index in [1.807, 2.05) is 24.3 Å². The van der Waals surface area contributed by atoms with Gasteiger partial charge in [-0.1, -0.05) is 48.7 Å². The topological polar surface area (TPSA) is 49.4 Å². The third-order valence-corrected chi connectivity index (χ3v) is 5.06. The summed E-state index contributed by atoms with van der Waals surface area (Å²) in [6.45, 7) is 3.94. The molecule has 2 amide bonds. The molecule has 2 aromatic rings. The van der Waals surface area contributed by atoms with Crippen LogP contribution in [0.1, 0.15) is 30.9 Å². The number of halogens is 2. The molecule has 0 saturated heterocycles. The van der Waals surface area contributed by atoms with Crippen LogP contribution in [-0.4, -0.2) is 11.8 Å². The van der Waals surface area contributed by atoms with E-state index in [0.717, 1.165) is 29.7 Å². The van der Waals surface area contributed by atoms with Crippen molar-refractivity contribution >= 4 is 46.4 Å². The van der Waals surface area contributed by atoms with Gasteiger partial charge in [0.05, 0.1) is 5.69 Å². The summed E-state index contributed by atoms with van der Waals surface area (Å²) >= 11 is 12.1. The van der Waals surface area contributed by atoms with Crippen LogP contribution in [0.4, 0.5) is 11.4 Å². The summed E-state index contributed by atoms with van der Waals surface area (Å²) in [4.78, 5) is 26.5. The molecule has 4 nitrogen and oxygen atoms in total. The lowest BCUT2D eigenvalue weighted by Gasteiger charge is -2.17. The average molecular weight is 403 g/mol. The Bertz CT molecular complexity index is 920. The summed E-state index contributed by atoms with van der Waals surface area (Å²) in [5.74, 6) is -1.03. The number of benzene rings is 2. The highest BCUT2D eigenvalue weighted by molar-refractivity contribution is 6.53. The number of carbonyl (C=O) groups is 2. The standard InChI is InChI=1S/C21H20Cl2N2O2/c1-3-4-5-14-6-9-16(10-7-14)24-19-18(23)20(26)25(21(19)27)17-11-8-15(22)12-13(17)2/h6-12,24H,3-5H2,1-2H3. The summed E-state index contributed by atoms with van der Waals surface area (Å²) in [7, 11) is 0. The van der Waals surface area contributed by atoms with E-state index in [4.69, 9.17) is 23.2 Å². The molecule has 0 saturated carbocycles. The van der Waals surface area contributed by atoms with Gasteiger partial charge in [0.25, 0.3) is 11.8 Å². The first kappa shape index (κ1) is 19.5. The van der Waals surface area contributed by atoms with Crippen LogP contribution >= 0.6 is 23.2 Å². The Labute approximate surface area is 168 Å². The summed E-state index contributed by atoms with van der Waals surface area (Å²) in [6.07, 6.45) is 3.28. The van der Waals surface area contributed by atoms with Crippen LogP contribution in [0.2, 0.25) is 5.02 Å². The fourth-order valence-electron chi connectivity index (χ4n) is 2.98. The van der Waals surface area contributed by atoms with Crippen molar-refractivity contribution in [1.82, 2.24) is 0 Å². The maximum Gasteiger partial charge on any atom is 0.283 e. The quantitative estimate of drug-likeness (QED) is 0.655. The van der Waals surface area contributed by atoms with Crippen LogP contribution in [-0.2, 0) is 16.0 Å². The molecule has 3 rings (SSSR count). The SMILES string of the molecule is CCCCc1ccc(NC2=C(Cl)C(=O)N(c3ccc(Cl)cc3C)C2=O)cc1. The molecule has 0 bridgehead atoms. The van der Waals surface area contributed by atoms with E-state index in [1.54, 1.807) is 25.1 Å². The van der Waals surface area contributed by atoms with Crippen molar-refractivity contribution in [3.05, 3.63) is 69.3 Å². The number of imide groups is 1. The van der Waals surface area contributed by atoms with Crippen LogP contribution in [0, 0.1) is 6.92 Å². The van der Waals surface area contributed by atoms with Gasteiger partial charge >= 0.3 is 0 Å². The Morgan fingerprint density at radius 3 is 2.33 bits per heavy atom. The minimum atomic E-state index is -0.547. The van der Waals surface area contributed by atoms with Crippen molar-refractivity contribution in [3.8, 4) is 0 Å². The number of aryl methyl sites for hydroxylation is 2. The van der Waals surface area contributed by atoms with Crippen molar-refractivity contribution in [1.29, 1.82) is 0 Å². The fourth-order valence-corrected chi connectivity index (χ4v) is 3.42. The zero-order chi connectivity index (χ0) is 19.6. The predicted molar refractivity (Wildman–Crippen MR) is 110 cm³/mol. The van der Waals surface area contributed by atoms with E-state index in [1.165, 1.54) is 5.56 Å². The van der Waals surface area contributed by atoms with Gasteiger partial charge in [-0.3, -0.25) is 9.59 Å². The van der Waals surface area contributed by atoms with Gasteiger partial charge in [-0.05, 0) is 61.2 Å². The molecule has 27 heavy (non-hydrogen) atoms. The maximum absolute atomic E-state index is 12.8. The number of nitrogens with zero attached hydrogens (tertiary/aromatic N) is 1. The van der Waals surface area contributed by atoms with E-state index in [-0.39, 0.29) is 10.7 Å². The Kier molecular flexibility index (Phi) is 5.88. The van der Waals surface area contributed by atoms with Gasteiger partial charge in [0, 0.05) is 10.7 Å². The van der Waals surface area contributed by atoms with Gasteiger partial charge in [0.15, 0.2) is 0 Å². The minimum Gasteiger partial charge on any atom is -0.350 e. The minimum absolute atomic E-state index is 0.0809. The smallest absolute Gasteiger partial charge is 0.283 e. The number of rotatable bonds is 6. The molecule has 140 valence electrons. The van der Waals surface area contributed by atoms with Crippen LogP contribution in [0.25, 0.3) is 0 Å². The van der Waals surface area contributed by atoms with Gasteiger partial charge in [0.1, 0.15) is 10.7 Å². The number of amides is 2. The predicted octanol–water partition coefficient (Wildman–Crippen LogP) is 5.43. The molecule has 0 fully saturated rings. The lowest BCUT2D eigenvalue weighted by Crippen LogP contribution is -2.32. The number of carbonyl (C=O) groups excluding carboxylic acids is 2. The van der Waals surface area contributed by atoms with Gasteiger partial charge in [-0.25, -0.2) is 4.90 Å². The van der Waals surface area contributed by atoms with Crippen molar-refractivity contribution in [3.63, 3.8) is 0 Å². The molecule has 1 heterocycles. The zero-order valence-electron chi connectivity index (χ0n) is 15.2. The Balaban J connectivity index is 1.82. The van der Waals surface area contributed by atoms with Gasteiger partial charge in [-0.15, -0.1) is 0 Å². The molecule has 1 aliphatic rings. The Morgan fingerprint density at radius 2 is 1.70 bits per heavy atom. The fraction of sp³-hybridized carbons (Fsp3) is 0.238. The molecule has 0 unspecified atom stereocenters. The molecule has 1 aliphatic heterocycles. The summed E-state index contributed by atoms with van der Waals surface area (Å²) in [5.41, 5.74) is 3.21. The molecule has 0 atom stereocenters. The number of anilines is 2. The van der Waals surface area contributed by atoms with Gasteiger partial charge < -0.3 is 5.32 Å². The van der Waals surface area contributed by atoms with E-state index in [2.05, 4.69) is 12.2 Å². The second kappa shape index (κ2) is 8.15. The second-order valence-electron chi connectivity index (χ2n) is 6.49. The third kappa shape index (κ3) is 4.02. The zero-order valence-corrected chi connectivity index (χ0v) is 16.7. The van der Waals surface area contributed by atoms with Crippen LogP contribution < -0.4 is 10.2 Å². The molecule has 6 heteroatoms. The Hall–Kier alpha value is -2.30. The van der Waals surface area contributed by atoms with Crippen LogP contribution in [0.15, 0.2) is 53.2 Å². The second-order valence-corrected chi connectivity index (χ2v) is 7.31.